The minimum absolute atomic E-state index is 0.0271. The number of amides is 3. The minimum Gasteiger partial charge on any atom is -0.481 e. The molecule has 3 N–H and O–H groups in total. The molecule has 3 amide bonds. The van der Waals surface area contributed by atoms with Crippen molar-refractivity contribution in [2.24, 2.45) is 23.7 Å². The Morgan fingerprint density at radius 2 is 1.68 bits per heavy atom. The molecule has 1 aliphatic carbocycles. The zero-order valence-electron chi connectivity index (χ0n) is 33.1. The van der Waals surface area contributed by atoms with Gasteiger partial charge in [-0.25, -0.2) is 15.0 Å². The van der Waals surface area contributed by atoms with Crippen LogP contribution in [0.25, 0.3) is 0 Å². The van der Waals surface area contributed by atoms with Gasteiger partial charge < -0.3 is 25.4 Å². The number of carbonyl (C=O) groups is 5. The first-order valence-electron chi connectivity index (χ1n) is 19.3. The lowest BCUT2D eigenvalue weighted by Gasteiger charge is -2.45. The maximum absolute atomic E-state index is 14.4. The maximum atomic E-state index is 14.4. The second kappa shape index (κ2) is 18.4. The zero-order valence-corrected chi connectivity index (χ0v) is 33.9. The third-order valence-corrected chi connectivity index (χ3v) is 12.2. The van der Waals surface area contributed by atoms with Crippen LogP contribution in [0.3, 0.4) is 0 Å². The van der Waals surface area contributed by atoms with E-state index in [9.17, 15) is 42.3 Å². The average Bonchev–Trinajstić information content (AvgIpc) is 3.90. The summed E-state index contributed by atoms with van der Waals surface area (Å²) in [5, 5.41) is 17.1. The van der Waals surface area contributed by atoms with Crippen LogP contribution in [0.15, 0.2) is 29.0 Å². The van der Waals surface area contributed by atoms with E-state index in [1.54, 1.807) is 7.05 Å². The van der Waals surface area contributed by atoms with E-state index in [0.717, 1.165) is 62.1 Å². The summed E-state index contributed by atoms with van der Waals surface area (Å²) in [6.07, 6.45) is 0.305. The van der Waals surface area contributed by atoms with E-state index in [0.29, 0.717) is 29.9 Å². The highest BCUT2D eigenvalue weighted by Crippen LogP contribution is 2.40. The topological polar surface area (TPSA) is 184 Å². The molecular weight excluding hydrogens is 768 g/mol. The van der Waals surface area contributed by atoms with E-state index in [2.05, 4.69) is 30.5 Å². The largest absolute Gasteiger partial charge is 0.481 e. The molecule has 0 aromatic carbocycles. The number of thiazole rings is 1. The molecule has 57 heavy (non-hydrogen) atoms. The van der Waals surface area contributed by atoms with Crippen LogP contribution in [0.4, 0.5) is 13.2 Å². The number of nitrogens with zero attached hydrogens (tertiary/aromatic N) is 5. The lowest BCUT2D eigenvalue weighted by Crippen LogP contribution is -2.59. The van der Waals surface area contributed by atoms with E-state index < -0.39 is 53.7 Å². The van der Waals surface area contributed by atoms with E-state index in [4.69, 9.17) is 4.74 Å². The summed E-state index contributed by atoms with van der Waals surface area (Å²) in [7, 11) is 1.64. The summed E-state index contributed by atoms with van der Waals surface area (Å²) in [5.41, 5.74) is 0.200. The first-order chi connectivity index (χ1) is 26.8. The van der Waals surface area contributed by atoms with Crippen molar-refractivity contribution in [3.63, 3.8) is 0 Å². The van der Waals surface area contributed by atoms with Gasteiger partial charge in [-0.2, -0.15) is 13.2 Å². The molecule has 4 aliphatic rings. The van der Waals surface area contributed by atoms with Crippen LogP contribution < -0.4 is 10.6 Å². The van der Waals surface area contributed by atoms with Gasteiger partial charge in [0.1, 0.15) is 22.6 Å². The number of aromatic nitrogens is 3. The molecule has 2 aromatic rings. The van der Waals surface area contributed by atoms with Crippen molar-refractivity contribution in [2.75, 3.05) is 20.1 Å². The van der Waals surface area contributed by atoms with Gasteiger partial charge in [-0.05, 0) is 83.2 Å². The molecule has 3 aliphatic heterocycles. The predicted octanol–water partition coefficient (Wildman–Crippen LogP) is 5.17. The van der Waals surface area contributed by atoms with Gasteiger partial charge in [-0.1, -0.05) is 19.4 Å². The SMILES string of the molecule is CC(=O)O[C@H](CC(=C(C)C)N(C)C(=O)[C@@H](NC(=O)[C@H]1CC2CCN1CC2)[C@@H](C)C1CC1)c1nc(C(=O)N[C@@H](Cc2ncc(C(F)(F)F)cn2)C[C@H](C)C(=O)O)cs1. The first kappa shape index (κ1) is 43.7. The number of likely N-dealkylation sites (N-methyl/N-ethyl adjacent to an activating group) is 1. The van der Waals surface area contributed by atoms with Gasteiger partial charge in [-0.15, -0.1) is 11.3 Å². The van der Waals surface area contributed by atoms with Crippen LogP contribution in [0.5, 0.6) is 0 Å². The number of alkyl halides is 3. The normalized spacial score (nSPS) is 21.7. The van der Waals surface area contributed by atoms with E-state index in [1.807, 2.05) is 20.8 Å². The monoisotopic (exact) mass is 819 g/mol. The van der Waals surface area contributed by atoms with Crippen LogP contribution in [0, 0.1) is 23.7 Å². The van der Waals surface area contributed by atoms with Gasteiger partial charge in [0.25, 0.3) is 5.91 Å². The van der Waals surface area contributed by atoms with Crippen LogP contribution >= 0.6 is 11.3 Å². The summed E-state index contributed by atoms with van der Waals surface area (Å²) < 4.78 is 44.9. The molecular formula is C39H52F3N7O7S. The molecule has 1 saturated carbocycles. The Morgan fingerprint density at radius 1 is 1.04 bits per heavy atom. The molecule has 3 saturated heterocycles. The third kappa shape index (κ3) is 11.4. The number of hydrogen-bond acceptors (Lipinski definition) is 11. The summed E-state index contributed by atoms with van der Waals surface area (Å²) in [6.45, 7) is 10.1. The van der Waals surface area contributed by atoms with Crippen LogP contribution in [-0.2, 0) is 36.5 Å². The van der Waals surface area contributed by atoms with Gasteiger partial charge in [0.15, 0.2) is 6.10 Å². The zero-order chi connectivity index (χ0) is 41.8. The minimum atomic E-state index is -4.64. The van der Waals surface area contributed by atoms with Crippen molar-refractivity contribution in [1.82, 2.24) is 35.4 Å². The Bertz CT molecular complexity index is 1820. The highest BCUT2D eigenvalue weighted by Gasteiger charge is 2.43. The summed E-state index contributed by atoms with van der Waals surface area (Å²) in [6, 6.07) is -1.91. The maximum Gasteiger partial charge on any atom is 0.419 e. The van der Waals surface area contributed by atoms with Crippen molar-refractivity contribution in [3.05, 3.63) is 51.1 Å². The Balaban J connectivity index is 1.31. The number of halogens is 3. The van der Waals surface area contributed by atoms with Crippen LogP contribution in [0.1, 0.15) is 113 Å². The number of fused-ring (bicyclic) bond motifs is 3. The fraction of sp³-hybridized carbons (Fsp3) is 0.641. The van der Waals surface area contributed by atoms with Gasteiger partial charge in [0.2, 0.25) is 11.8 Å². The van der Waals surface area contributed by atoms with Crippen molar-refractivity contribution in [2.45, 2.75) is 116 Å². The van der Waals surface area contributed by atoms with Gasteiger partial charge in [-0.3, -0.25) is 28.9 Å². The van der Waals surface area contributed by atoms with Crippen molar-refractivity contribution >= 4 is 41.0 Å². The fourth-order valence-electron chi connectivity index (χ4n) is 7.72. The summed E-state index contributed by atoms with van der Waals surface area (Å²) in [5.74, 6) is -3.09. The number of hydrogen-bond donors (Lipinski definition) is 3. The summed E-state index contributed by atoms with van der Waals surface area (Å²) in [4.78, 5) is 81.4. The lowest BCUT2D eigenvalue weighted by molar-refractivity contribution is -0.147. The second-order valence-corrected chi connectivity index (χ2v) is 16.8. The van der Waals surface area contributed by atoms with Crippen molar-refractivity contribution in [3.8, 4) is 0 Å². The van der Waals surface area contributed by atoms with Crippen LogP contribution in [-0.4, -0.2) is 97.8 Å². The van der Waals surface area contributed by atoms with E-state index >= 15 is 0 Å². The molecule has 6 atom stereocenters. The smallest absolute Gasteiger partial charge is 0.419 e. The Hall–Kier alpha value is -4.45. The molecule has 6 rings (SSSR count). The standard InChI is InChI=1S/C39H52F3N7O7S/c1-20(2)29(48(6)37(53)33(22(4)25-7-8-25)47-35(52)30-14-24-9-11-49(30)12-10-24)16-31(56-23(5)50)36-46-28(19-57-36)34(51)45-27(13-21(3)38(54)55)15-32-43-17-26(18-44-32)39(40,41)42/h17-19,21-22,24-25,27,30-31,33H,7-16H2,1-6H3,(H,45,51)(H,47,52)(H,54,55)/t21-,22-,27+,30+,31+,33-/m0/s1. The molecule has 2 bridgehead atoms. The molecule has 4 fully saturated rings. The molecule has 5 heterocycles. The van der Waals surface area contributed by atoms with E-state index in [-0.39, 0.29) is 59.6 Å². The molecule has 312 valence electrons. The predicted molar refractivity (Wildman–Crippen MR) is 202 cm³/mol. The molecule has 14 nitrogen and oxygen atoms in total. The number of piperidine rings is 3. The van der Waals surface area contributed by atoms with Gasteiger partial charge >= 0.3 is 18.1 Å². The lowest BCUT2D eigenvalue weighted by atomic mass is 9.82. The van der Waals surface area contributed by atoms with Gasteiger partial charge in [0.05, 0.1) is 17.5 Å². The van der Waals surface area contributed by atoms with E-state index in [1.165, 1.54) is 24.1 Å². The Kier molecular flexibility index (Phi) is 14.1. The Labute approximate surface area is 334 Å². The summed E-state index contributed by atoms with van der Waals surface area (Å²) >= 11 is 1.05. The number of rotatable bonds is 17. The van der Waals surface area contributed by atoms with Crippen LogP contribution in [0.2, 0.25) is 0 Å². The van der Waals surface area contributed by atoms with Gasteiger partial charge in [0, 0.05) is 56.3 Å². The van der Waals surface area contributed by atoms with Crippen molar-refractivity contribution in [1.29, 1.82) is 0 Å². The molecule has 18 heteroatoms. The molecule has 0 spiro atoms. The number of nitrogens with one attached hydrogen (secondary N) is 2. The number of aliphatic carboxylic acids is 1. The number of carbonyl (C=O) groups excluding carboxylic acids is 4. The fourth-order valence-corrected chi connectivity index (χ4v) is 8.55. The molecule has 0 unspecified atom stereocenters. The number of carboxylic acid groups (broad SMARTS) is 1. The number of carboxylic acids is 1. The highest BCUT2D eigenvalue weighted by atomic mass is 32.1. The second-order valence-electron chi connectivity index (χ2n) is 15.9. The number of esters is 1. The first-order valence-corrected chi connectivity index (χ1v) is 20.2. The molecule has 2 aromatic heterocycles. The Morgan fingerprint density at radius 3 is 2.21 bits per heavy atom. The molecule has 0 radical (unpaired) electrons. The number of allylic oxidation sites excluding steroid dienone is 1. The highest BCUT2D eigenvalue weighted by molar-refractivity contribution is 7.09. The third-order valence-electron chi connectivity index (χ3n) is 11.3. The quantitative estimate of drug-likeness (QED) is 0.179. The average molecular weight is 820 g/mol. The number of ether oxygens (including phenoxy) is 1. The van der Waals surface area contributed by atoms with Crippen molar-refractivity contribution < 1.29 is 47.0 Å².